The van der Waals surface area contributed by atoms with Crippen molar-refractivity contribution in [2.75, 3.05) is 19.6 Å². The molecule has 1 amide bonds. The van der Waals surface area contributed by atoms with Gasteiger partial charge in [-0.1, -0.05) is 49.3 Å². The Morgan fingerprint density at radius 3 is 2.58 bits per heavy atom. The van der Waals surface area contributed by atoms with Gasteiger partial charge in [0, 0.05) is 38.4 Å². The Labute approximate surface area is 143 Å². The Kier molecular flexibility index (Phi) is 6.93. The molecule has 0 aliphatic rings. The molecule has 0 radical (unpaired) electrons. The van der Waals surface area contributed by atoms with Gasteiger partial charge in [0.05, 0.1) is 0 Å². The van der Waals surface area contributed by atoms with Crippen LogP contribution in [0.25, 0.3) is 0 Å². The van der Waals surface area contributed by atoms with Gasteiger partial charge in [0.15, 0.2) is 5.82 Å². The van der Waals surface area contributed by atoms with Gasteiger partial charge in [-0.05, 0) is 12.0 Å². The fourth-order valence-corrected chi connectivity index (χ4v) is 2.40. The number of hydrogen-bond donors (Lipinski definition) is 1. The molecule has 6 nitrogen and oxygen atoms in total. The minimum atomic E-state index is 0.0701. The number of carbonyl (C=O) groups is 1. The zero-order valence-corrected chi connectivity index (χ0v) is 14.4. The quantitative estimate of drug-likeness (QED) is 0.761. The van der Waals surface area contributed by atoms with E-state index in [1.54, 1.807) is 0 Å². The molecule has 0 saturated carbocycles. The van der Waals surface area contributed by atoms with Crippen LogP contribution in [0.4, 0.5) is 0 Å². The summed E-state index contributed by atoms with van der Waals surface area (Å²) in [6, 6.07) is 10.1. The zero-order chi connectivity index (χ0) is 17.4. The summed E-state index contributed by atoms with van der Waals surface area (Å²) in [5, 5.41) is 3.92. The van der Waals surface area contributed by atoms with Crippen molar-refractivity contribution in [3.8, 4) is 0 Å². The first-order valence-electron chi connectivity index (χ1n) is 8.44. The zero-order valence-electron chi connectivity index (χ0n) is 14.4. The Morgan fingerprint density at radius 2 is 1.96 bits per heavy atom. The lowest BCUT2D eigenvalue weighted by Crippen LogP contribution is -2.37. The predicted octanol–water partition coefficient (Wildman–Crippen LogP) is 2.16. The van der Waals surface area contributed by atoms with Gasteiger partial charge < -0.3 is 15.2 Å². The maximum atomic E-state index is 12.4. The lowest BCUT2D eigenvalue weighted by Gasteiger charge is -2.22. The molecule has 0 aliphatic heterocycles. The standard InChI is InChI=1S/C18H26N4O2/c1-14(2)18-20-16(24-21-18)8-9-17(23)22(13-11-19)12-10-15-6-4-3-5-7-15/h3-7,14H,8-13,19H2,1-2H3. The van der Waals surface area contributed by atoms with E-state index in [1.165, 1.54) is 5.56 Å². The number of aryl methyl sites for hydroxylation is 1. The van der Waals surface area contributed by atoms with E-state index < -0.39 is 0 Å². The largest absolute Gasteiger partial charge is 0.341 e. The first-order chi connectivity index (χ1) is 11.6. The monoisotopic (exact) mass is 330 g/mol. The van der Waals surface area contributed by atoms with Gasteiger partial charge in [-0.2, -0.15) is 4.98 Å². The molecule has 0 atom stereocenters. The fraction of sp³-hybridized carbons (Fsp3) is 0.500. The molecule has 0 unspecified atom stereocenters. The molecule has 0 spiro atoms. The van der Waals surface area contributed by atoms with E-state index in [4.69, 9.17) is 10.3 Å². The van der Waals surface area contributed by atoms with E-state index in [1.807, 2.05) is 36.9 Å². The topological polar surface area (TPSA) is 85.2 Å². The molecule has 2 aromatic rings. The van der Waals surface area contributed by atoms with E-state index in [2.05, 4.69) is 22.3 Å². The average molecular weight is 330 g/mol. The van der Waals surface area contributed by atoms with Crippen LogP contribution < -0.4 is 5.73 Å². The lowest BCUT2D eigenvalue weighted by atomic mass is 10.1. The summed E-state index contributed by atoms with van der Waals surface area (Å²) in [5.41, 5.74) is 6.86. The van der Waals surface area contributed by atoms with Gasteiger partial charge in [-0.3, -0.25) is 4.79 Å². The van der Waals surface area contributed by atoms with Crippen molar-refractivity contribution in [1.82, 2.24) is 15.0 Å². The van der Waals surface area contributed by atoms with Crippen molar-refractivity contribution in [2.45, 2.75) is 39.0 Å². The van der Waals surface area contributed by atoms with Gasteiger partial charge in [0.25, 0.3) is 0 Å². The highest BCUT2D eigenvalue weighted by molar-refractivity contribution is 5.76. The smallest absolute Gasteiger partial charge is 0.227 e. The Balaban J connectivity index is 1.85. The summed E-state index contributed by atoms with van der Waals surface area (Å²) in [6.07, 6.45) is 1.64. The number of rotatable bonds is 9. The summed E-state index contributed by atoms with van der Waals surface area (Å²) in [5.74, 6) is 1.49. The van der Waals surface area contributed by atoms with Crippen molar-refractivity contribution in [3.63, 3.8) is 0 Å². The maximum Gasteiger partial charge on any atom is 0.227 e. The van der Waals surface area contributed by atoms with Crippen molar-refractivity contribution in [3.05, 3.63) is 47.6 Å². The Hall–Kier alpha value is -2.21. The molecule has 130 valence electrons. The van der Waals surface area contributed by atoms with E-state index >= 15 is 0 Å². The van der Waals surface area contributed by atoms with Gasteiger partial charge in [-0.25, -0.2) is 0 Å². The molecule has 1 aromatic carbocycles. The van der Waals surface area contributed by atoms with Crippen LogP contribution in [-0.2, 0) is 17.6 Å². The minimum absolute atomic E-state index is 0.0701. The van der Waals surface area contributed by atoms with E-state index in [9.17, 15) is 4.79 Å². The van der Waals surface area contributed by atoms with Gasteiger partial charge in [0.1, 0.15) is 0 Å². The fourth-order valence-electron chi connectivity index (χ4n) is 2.40. The van der Waals surface area contributed by atoms with Crippen molar-refractivity contribution in [1.29, 1.82) is 0 Å². The second-order valence-electron chi connectivity index (χ2n) is 6.11. The summed E-state index contributed by atoms with van der Waals surface area (Å²) in [4.78, 5) is 18.6. The Morgan fingerprint density at radius 1 is 1.21 bits per heavy atom. The van der Waals surface area contributed by atoms with Crippen LogP contribution in [0.1, 0.15) is 43.5 Å². The molecule has 0 saturated heterocycles. The highest BCUT2D eigenvalue weighted by Crippen LogP contribution is 2.11. The first-order valence-corrected chi connectivity index (χ1v) is 8.44. The van der Waals surface area contributed by atoms with Crippen LogP contribution in [0, 0.1) is 0 Å². The minimum Gasteiger partial charge on any atom is -0.341 e. The molecule has 2 N–H and O–H groups in total. The average Bonchev–Trinajstić information content (AvgIpc) is 3.06. The number of carbonyl (C=O) groups excluding carboxylic acids is 1. The molecule has 0 fully saturated rings. The van der Waals surface area contributed by atoms with Crippen LogP contribution in [-0.4, -0.2) is 40.6 Å². The third-order valence-electron chi connectivity index (χ3n) is 3.82. The highest BCUT2D eigenvalue weighted by atomic mass is 16.5. The summed E-state index contributed by atoms with van der Waals surface area (Å²) < 4.78 is 5.19. The van der Waals surface area contributed by atoms with Crippen molar-refractivity contribution in [2.24, 2.45) is 5.73 Å². The number of benzene rings is 1. The first kappa shape index (κ1) is 18.1. The SMILES string of the molecule is CC(C)c1noc(CCC(=O)N(CCN)CCc2ccccc2)n1. The predicted molar refractivity (Wildman–Crippen MR) is 92.5 cm³/mol. The van der Waals surface area contributed by atoms with Crippen molar-refractivity contribution < 1.29 is 9.32 Å². The summed E-state index contributed by atoms with van der Waals surface area (Å²) in [6.45, 7) is 5.70. The van der Waals surface area contributed by atoms with Crippen LogP contribution in [0.15, 0.2) is 34.9 Å². The molecule has 1 heterocycles. The second kappa shape index (κ2) is 9.17. The third-order valence-corrected chi connectivity index (χ3v) is 3.82. The number of nitrogens with zero attached hydrogens (tertiary/aromatic N) is 3. The third kappa shape index (κ3) is 5.45. The maximum absolute atomic E-state index is 12.4. The Bertz CT molecular complexity index is 625. The van der Waals surface area contributed by atoms with Crippen LogP contribution in [0.5, 0.6) is 0 Å². The van der Waals surface area contributed by atoms with E-state index in [0.717, 1.165) is 6.42 Å². The molecular weight excluding hydrogens is 304 g/mol. The number of aromatic nitrogens is 2. The number of nitrogens with two attached hydrogens (primary N) is 1. The normalized spacial score (nSPS) is 11.0. The molecular formula is C18H26N4O2. The van der Waals surface area contributed by atoms with Crippen LogP contribution in [0.3, 0.4) is 0 Å². The highest BCUT2D eigenvalue weighted by Gasteiger charge is 2.15. The van der Waals surface area contributed by atoms with Gasteiger partial charge >= 0.3 is 0 Å². The molecule has 1 aromatic heterocycles. The van der Waals surface area contributed by atoms with Gasteiger partial charge in [-0.15, -0.1) is 0 Å². The van der Waals surface area contributed by atoms with Gasteiger partial charge in [0.2, 0.25) is 11.8 Å². The lowest BCUT2D eigenvalue weighted by molar-refractivity contribution is -0.131. The summed E-state index contributed by atoms with van der Waals surface area (Å²) in [7, 11) is 0. The summed E-state index contributed by atoms with van der Waals surface area (Å²) >= 11 is 0. The molecule has 6 heteroatoms. The van der Waals surface area contributed by atoms with E-state index in [-0.39, 0.29) is 11.8 Å². The van der Waals surface area contributed by atoms with Crippen LogP contribution >= 0.6 is 0 Å². The molecule has 0 aliphatic carbocycles. The van der Waals surface area contributed by atoms with E-state index in [0.29, 0.717) is 44.2 Å². The number of amides is 1. The number of hydrogen-bond acceptors (Lipinski definition) is 5. The van der Waals surface area contributed by atoms with Crippen molar-refractivity contribution >= 4 is 5.91 Å². The molecule has 0 bridgehead atoms. The second-order valence-corrected chi connectivity index (χ2v) is 6.11. The molecule has 24 heavy (non-hydrogen) atoms. The molecule has 2 rings (SSSR count). The van der Waals surface area contributed by atoms with Crippen LogP contribution in [0.2, 0.25) is 0 Å².